The predicted octanol–water partition coefficient (Wildman–Crippen LogP) is 18.4. The normalized spacial score (nSPS) is 11.7. The molecule has 0 bridgehead atoms. The molecule has 81 heavy (non-hydrogen) atoms. The summed E-state index contributed by atoms with van der Waals surface area (Å²) in [7, 11) is 0. The van der Waals surface area contributed by atoms with Crippen LogP contribution in [0.4, 0.5) is 0 Å². The molecule has 6 aromatic heterocycles. The van der Waals surface area contributed by atoms with Gasteiger partial charge in [0.15, 0.2) is 0 Å². The molecule has 413 valence electrons. The summed E-state index contributed by atoms with van der Waals surface area (Å²) in [6.45, 7) is 28.7. The fourth-order valence-corrected chi connectivity index (χ4v) is 11.7. The average molecular weight is 1590 g/mol. The number of aromatic nitrogens is 6. The Hall–Kier alpha value is -6.66. The number of nitrogens with zero attached hydrogens (tertiary/aromatic N) is 6. The van der Waals surface area contributed by atoms with Crippen molar-refractivity contribution in [2.45, 2.75) is 101 Å². The first-order valence-electron chi connectivity index (χ1n) is 27.2. The van der Waals surface area contributed by atoms with E-state index in [0.29, 0.717) is 0 Å². The number of benzene rings is 8. The van der Waals surface area contributed by atoms with Gasteiger partial charge < -0.3 is 13.2 Å². The van der Waals surface area contributed by atoms with Gasteiger partial charge in [0.2, 0.25) is 0 Å². The topological polar surface area (TPSA) is 51.9 Å². The van der Waals surface area contributed by atoms with Gasteiger partial charge in [-0.15, -0.1) is 88.5 Å². The van der Waals surface area contributed by atoms with Crippen molar-refractivity contribution in [2.24, 2.45) is 0 Å². The molecule has 0 atom stereocenters. The number of pyridine rings is 3. The van der Waals surface area contributed by atoms with Gasteiger partial charge in [-0.25, -0.2) is 0 Å². The van der Waals surface area contributed by atoms with Gasteiger partial charge in [0.05, 0.1) is 28.3 Å². The standard InChI is InChI=1S/C25H21N2.C24H19N2.C23H25N2.3Ir/c1-15-8-7-9-16(2)24(15)23-14-26-25-20-11-6-5-10-19(20)21-12-17(3)18(4)13-22(21)27(23)25;1-15-11-12-21-20(13-15)18-9-4-5-10-19(18)24-25-14-22(26(21)24)23-16(2)7-6-8-17(23)3;1-22(2,3)15-7-9-17-18(13-15)19-14-16(23(4,5)6)8-10-20(19)25-12-11-24-21(17)25;;;/h5-10,12-14H,1-4H3;4-9,11-14H,1-3H3;7-8,10-14H,1-6H3;;;/q3*-1;;;. The molecule has 14 rings (SSSR count). The Bertz CT molecular complexity index is 4610. The van der Waals surface area contributed by atoms with Crippen molar-refractivity contribution in [1.82, 2.24) is 28.2 Å². The molecule has 0 aliphatic carbocycles. The molecular weight excluding hydrogens is 1530 g/mol. The second-order valence-corrected chi connectivity index (χ2v) is 23.6. The summed E-state index contributed by atoms with van der Waals surface area (Å²) in [5.74, 6) is 0. The Balaban J connectivity index is 0.000000144. The molecule has 14 aromatic rings. The third-order valence-electron chi connectivity index (χ3n) is 16.1. The summed E-state index contributed by atoms with van der Waals surface area (Å²) >= 11 is 0. The maximum absolute atomic E-state index is 4.84. The van der Waals surface area contributed by atoms with Crippen LogP contribution in [0.3, 0.4) is 0 Å². The molecule has 6 heterocycles. The number of imidazole rings is 3. The van der Waals surface area contributed by atoms with Gasteiger partial charge in [-0.1, -0.05) is 130 Å². The minimum Gasteiger partial charge on any atom is -0.340 e. The van der Waals surface area contributed by atoms with E-state index in [0.717, 1.165) is 44.5 Å². The molecule has 0 aliphatic rings. The molecule has 6 nitrogen and oxygen atoms in total. The van der Waals surface area contributed by atoms with Gasteiger partial charge in [0.25, 0.3) is 0 Å². The fraction of sp³-hybridized carbons (Fsp3) is 0.208. The van der Waals surface area contributed by atoms with Crippen LogP contribution in [0.25, 0.3) is 104 Å². The van der Waals surface area contributed by atoms with Crippen LogP contribution in [-0.4, -0.2) is 28.2 Å². The zero-order chi connectivity index (χ0) is 54.5. The number of hydrogen-bond acceptors (Lipinski definition) is 3. The Morgan fingerprint density at radius 3 is 1.43 bits per heavy atom. The van der Waals surface area contributed by atoms with Crippen molar-refractivity contribution >= 4 is 82.0 Å². The van der Waals surface area contributed by atoms with Crippen LogP contribution in [0.1, 0.15) is 91.6 Å². The summed E-state index contributed by atoms with van der Waals surface area (Å²) in [5, 5.41) is 10.7. The van der Waals surface area contributed by atoms with Gasteiger partial charge in [0, 0.05) is 113 Å². The van der Waals surface area contributed by atoms with Crippen molar-refractivity contribution in [2.75, 3.05) is 0 Å². The van der Waals surface area contributed by atoms with E-state index >= 15 is 0 Å². The third kappa shape index (κ3) is 10.3. The first kappa shape index (κ1) is 59.0. The molecule has 0 saturated carbocycles. The number of hydrogen-bond donors (Lipinski definition) is 0. The molecule has 0 fully saturated rings. The molecule has 0 unspecified atom stereocenters. The number of aryl methyl sites for hydroxylation is 7. The van der Waals surface area contributed by atoms with Crippen molar-refractivity contribution in [3.05, 3.63) is 227 Å². The van der Waals surface area contributed by atoms with Crippen LogP contribution < -0.4 is 0 Å². The monoisotopic (exact) mass is 1590 g/mol. The van der Waals surface area contributed by atoms with E-state index in [2.05, 4.69) is 248 Å². The van der Waals surface area contributed by atoms with E-state index in [9.17, 15) is 0 Å². The van der Waals surface area contributed by atoms with Crippen molar-refractivity contribution in [1.29, 1.82) is 0 Å². The van der Waals surface area contributed by atoms with Gasteiger partial charge in [-0.3, -0.25) is 15.0 Å². The van der Waals surface area contributed by atoms with Gasteiger partial charge in [-0.05, 0) is 133 Å². The van der Waals surface area contributed by atoms with E-state index in [1.165, 1.54) is 110 Å². The predicted molar refractivity (Wildman–Crippen MR) is 329 cm³/mol. The Labute approximate surface area is 516 Å². The van der Waals surface area contributed by atoms with Crippen molar-refractivity contribution in [3.63, 3.8) is 0 Å². The smallest absolute Gasteiger partial charge is 0.0639 e. The molecule has 0 spiro atoms. The molecular formula is C72H65Ir3N6-3. The first-order chi connectivity index (χ1) is 37.4. The van der Waals surface area contributed by atoms with Gasteiger partial charge in [0.1, 0.15) is 0 Å². The molecule has 0 N–H and O–H groups in total. The zero-order valence-corrected chi connectivity index (χ0v) is 55.4. The summed E-state index contributed by atoms with van der Waals surface area (Å²) in [6, 6.07) is 58.2. The largest absolute Gasteiger partial charge is 0.340 e. The van der Waals surface area contributed by atoms with Crippen molar-refractivity contribution < 1.29 is 60.3 Å². The molecule has 3 radical (unpaired) electrons. The third-order valence-corrected chi connectivity index (χ3v) is 16.1. The second-order valence-electron chi connectivity index (χ2n) is 23.6. The first-order valence-corrected chi connectivity index (χ1v) is 27.2. The van der Waals surface area contributed by atoms with E-state index in [1.807, 2.05) is 36.9 Å². The Kier molecular flexibility index (Phi) is 16.4. The quantitative estimate of drug-likeness (QED) is 0.128. The number of fused-ring (bicyclic) bond motifs is 18. The summed E-state index contributed by atoms with van der Waals surface area (Å²) in [5.41, 5.74) is 23.1. The number of rotatable bonds is 2. The molecule has 0 aliphatic heterocycles. The van der Waals surface area contributed by atoms with Gasteiger partial charge in [-0.2, -0.15) is 0 Å². The minimum absolute atomic E-state index is 0. The molecule has 0 amide bonds. The van der Waals surface area contributed by atoms with Crippen LogP contribution in [-0.2, 0) is 71.1 Å². The van der Waals surface area contributed by atoms with Crippen LogP contribution in [0.2, 0.25) is 0 Å². The van der Waals surface area contributed by atoms with Gasteiger partial charge >= 0.3 is 0 Å². The van der Waals surface area contributed by atoms with Crippen LogP contribution in [0.5, 0.6) is 0 Å². The fourth-order valence-electron chi connectivity index (χ4n) is 11.7. The Morgan fingerprint density at radius 1 is 0.395 bits per heavy atom. The van der Waals surface area contributed by atoms with E-state index in [-0.39, 0.29) is 71.1 Å². The SMILES string of the molecule is CC(C)(C)c1c[c-]c2c(c1)c1cc(C(C)(C)C)ccc1n1ccnc21.Cc1cc2c3ccc[c-]c3c3ncc(-c4c(C)cccc4C)n3c2cc1C.Cc1ccc2c(c1)c1ccc[c-]c1c1ncc(-c3c(C)cccc3C)n21.[Ir].[Ir].[Ir]. The molecule has 9 heteroatoms. The van der Waals surface area contributed by atoms with E-state index in [1.54, 1.807) is 0 Å². The maximum Gasteiger partial charge on any atom is 0.0639 e. The zero-order valence-electron chi connectivity index (χ0n) is 48.2. The van der Waals surface area contributed by atoms with E-state index < -0.39 is 0 Å². The van der Waals surface area contributed by atoms with Crippen LogP contribution >= 0.6 is 0 Å². The van der Waals surface area contributed by atoms with E-state index in [4.69, 9.17) is 9.97 Å². The summed E-state index contributed by atoms with van der Waals surface area (Å²) in [6.07, 6.45) is 7.93. The summed E-state index contributed by atoms with van der Waals surface area (Å²) < 4.78 is 6.79. The molecule has 8 aromatic carbocycles. The Morgan fingerprint density at radius 2 is 0.877 bits per heavy atom. The summed E-state index contributed by atoms with van der Waals surface area (Å²) in [4.78, 5) is 14.2. The second kappa shape index (κ2) is 22.6. The average Bonchev–Trinajstić information content (AvgIpc) is 4.24. The maximum atomic E-state index is 4.84. The van der Waals surface area contributed by atoms with Crippen LogP contribution in [0, 0.1) is 66.7 Å². The minimum atomic E-state index is 0. The molecule has 0 saturated heterocycles. The van der Waals surface area contributed by atoms with Crippen molar-refractivity contribution in [3.8, 4) is 22.5 Å². The van der Waals surface area contributed by atoms with Crippen LogP contribution in [0.15, 0.2) is 158 Å².